The molecule has 1 aromatic carbocycles. The Hall–Kier alpha value is -3.07. The molecule has 0 bridgehead atoms. The second-order valence-electron chi connectivity index (χ2n) is 6.47. The van der Waals surface area contributed by atoms with Crippen molar-refractivity contribution in [3.8, 4) is 5.00 Å². The third-order valence-corrected chi connectivity index (χ3v) is 6.13. The van der Waals surface area contributed by atoms with Crippen LogP contribution in [0.5, 0.6) is 0 Å². The van der Waals surface area contributed by atoms with Crippen LogP contribution in [0.3, 0.4) is 0 Å². The van der Waals surface area contributed by atoms with Crippen LogP contribution in [0, 0.1) is 0 Å². The van der Waals surface area contributed by atoms with E-state index < -0.39 is 0 Å². The fraction of sp³-hybridized carbons (Fsp3) is 0.278. The third kappa shape index (κ3) is 2.80. The Morgan fingerprint density at radius 2 is 2.15 bits per heavy atom. The number of aromatic nitrogens is 6. The number of fused-ring (bicyclic) bond motifs is 2. The summed E-state index contributed by atoms with van der Waals surface area (Å²) >= 11 is 1.61. The van der Waals surface area contributed by atoms with Gasteiger partial charge in [0, 0.05) is 18.0 Å². The van der Waals surface area contributed by atoms with E-state index in [0.717, 1.165) is 46.4 Å². The number of hydrogen-bond acceptors (Lipinski definition) is 6. The van der Waals surface area contributed by atoms with E-state index in [9.17, 15) is 4.79 Å². The Kier molecular flexibility index (Phi) is 3.93. The minimum Gasteiger partial charge on any atom is -0.350 e. The summed E-state index contributed by atoms with van der Waals surface area (Å²) in [6.45, 7) is 1.19. The van der Waals surface area contributed by atoms with Crippen LogP contribution in [0.15, 0.2) is 36.9 Å². The number of carbonyl (C=O) groups is 1. The topological polar surface area (TPSA) is 90.5 Å². The van der Waals surface area contributed by atoms with Crippen molar-refractivity contribution in [2.24, 2.45) is 0 Å². The van der Waals surface area contributed by atoms with Gasteiger partial charge in [-0.25, -0.2) is 4.98 Å². The Balaban J connectivity index is 1.36. The number of aryl methyl sites for hydroxylation is 1. The highest BCUT2D eigenvalue weighted by Gasteiger charge is 2.27. The number of nitrogens with one attached hydrogen (secondary N) is 1. The van der Waals surface area contributed by atoms with Crippen molar-refractivity contribution in [3.63, 3.8) is 0 Å². The third-order valence-electron chi connectivity index (χ3n) is 4.85. The largest absolute Gasteiger partial charge is 0.350 e. The van der Waals surface area contributed by atoms with Crippen LogP contribution in [0.1, 0.15) is 27.2 Å². The standard InChI is InChI=1S/C18H17N7OS/c26-17(19-8-9-24-10-20-13-5-1-2-6-14(13)24)16-12-4-3-7-15(12)27-18(16)25-11-21-22-23-25/h1-2,5-6,10-11H,3-4,7-9H2,(H,19,26). The Morgan fingerprint density at radius 1 is 1.22 bits per heavy atom. The fourth-order valence-electron chi connectivity index (χ4n) is 3.61. The summed E-state index contributed by atoms with van der Waals surface area (Å²) in [7, 11) is 0. The van der Waals surface area contributed by atoms with Crippen LogP contribution >= 0.6 is 11.3 Å². The van der Waals surface area contributed by atoms with Crippen LogP contribution in [0.4, 0.5) is 0 Å². The van der Waals surface area contributed by atoms with Crippen molar-refractivity contribution in [2.45, 2.75) is 25.8 Å². The molecular weight excluding hydrogens is 362 g/mol. The molecule has 1 amide bonds. The molecule has 0 spiro atoms. The molecule has 1 N–H and O–H groups in total. The average molecular weight is 379 g/mol. The zero-order chi connectivity index (χ0) is 18.2. The summed E-state index contributed by atoms with van der Waals surface area (Å²) in [5, 5.41) is 15.2. The van der Waals surface area contributed by atoms with E-state index in [0.29, 0.717) is 13.1 Å². The monoisotopic (exact) mass is 379 g/mol. The van der Waals surface area contributed by atoms with Crippen molar-refractivity contribution < 1.29 is 4.79 Å². The summed E-state index contributed by atoms with van der Waals surface area (Å²) < 4.78 is 3.64. The Morgan fingerprint density at radius 3 is 3.04 bits per heavy atom. The fourth-order valence-corrected chi connectivity index (χ4v) is 4.91. The molecule has 27 heavy (non-hydrogen) atoms. The number of nitrogens with zero attached hydrogens (tertiary/aromatic N) is 6. The molecule has 4 aromatic rings. The number of benzene rings is 1. The van der Waals surface area contributed by atoms with Crippen LogP contribution in [0.25, 0.3) is 16.0 Å². The van der Waals surface area contributed by atoms with E-state index in [4.69, 9.17) is 0 Å². The van der Waals surface area contributed by atoms with Crippen LogP contribution in [0.2, 0.25) is 0 Å². The first-order chi connectivity index (χ1) is 13.3. The molecule has 5 rings (SSSR count). The molecule has 136 valence electrons. The van der Waals surface area contributed by atoms with Crippen molar-refractivity contribution in [1.82, 2.24) is 35.1 Å². The number of imidazole rings is 1. The summed E-state index contributed by atoms with van der Waals surface area (Å²) in [6.07, 6.45) is 6.39. The zero-order valence-electron chi connectivity index (χ0n) is 14.5. The molecule has 0 saturated heterocycles. The molecule has 8 nitrogen and oxygen atoms in total. The molecular formula is C18H17N7OS. The van der Waals surface area contributed by atoms with Gasteiger partial charge in [0.1, 0.15) is 11.3 Å². The van der Waals surface area contributed by atoms with Gasteiger partial charge < -0.3 is 9.88 Å². The summed E-state index contributed by atoms with van der Waals surface area (Å²) in [4.78, 5) is 18.6. The van der Waals surface area contributed by atoms with Crippen LogP contribution in [-0.4, -0.2) is 42.2 Å². The van der Waals surface area contributed by atoms with E-state index in [2.05, 4.69) is 30.4 Å². The van der Waals surface area contributed by atoms with Crippen molar-refractivity contribution in [1.29, 1.82) is 0 Å². The minimum atomic E-state index is -0.0654. The van der Waals surface area contributed by atoms with Gasteiger partial charge in [0.15, 0.2) is 0 Å². The summed E-state index contributed by atoms with van der Waals surface area (Å²) in [5.41, 5.74) is 3.89. The molecule has 0 aliphatic heterocycles. The number of tetrazole rings is 1. The second-order valence-corrected chi connectivity index (χ2v) is 7.56. The number of rotatable bonds is 5. The Labute approximate surface area is 158 Å². The molecule has 0 unspecified atom stereocenters. The van der Waals surface area contributed by atoms with E-state index in [1.54, 1.807) is 16.0 Å². The number of carbonyl (C=O) groups excluding carboxylic acids is 1. The van der Waals surface area contributed by atoms with Gasteiger partial charge in [-0.15, -0.1) is 16.4 Å². The van der Waals surface area contributed by atoms with Crippen molar-refractivity contribution >= 4 is 28.3 Å². The van der Waals surface area contributed by atoms with Crippen LogP contribution in [-0.2, 0) is 19.4 Å². The number of hydrogen-bond donors (Lipinski definition) is 1. The molecule has 9 heteroatoms. The normalized spacial score (nSPS) is 13.2. The predicted octanol–water partition coefficient (Wildman–Crippen LogP) is 1.99. The smallest absolute Gasteiger partial charge is 0.254 e. The average Bonchev–Trinajstić information content (AvgIpc) is 3.44. The SMILES string of the molecule is O=C(NCCn1cnc2ccccc21)c1c(-n2cnnn2)sc2c1CCC2. The molecule has 1 aliphatic rings. The molecule has 0 saturated carbocycles. The number of para-hydroxylation sites is 2. The minimum absolute atomic E-state index is 0.0654. The highest BCUT2D eigenvalue weighted by atomic mass is 32.1. The lowest BCUT2D eigenvalue weighted by atomic mass is 10.1. The lowest BCUT2D eigenvalue weighted by molar-refractivity contribution is 0.0952. The zero-order valence-corrected chi connectivity index (χ0v) is 15.3. The van der Waals surface area contributed by atoms with Gasteiger partial charge in [0.05, 0.1) is 22.9 Å². The van der Waals surface area contributed by atoms with E-state index in [-0.39, 0.29) is 5.91 Å². The van der Waals surface area contributed by atoms with E-state index >= 15 is 0 Å². The summed E-state index contributed by atoms with van der Waals surface area (Å²) in [6, 6.07) is 7.98. The highest BCUT2D eigenvalue weighted by Crippen LogP contribution is 2.37. The first kappa shape index (κ1) is 16.1. The van der Waals surface area contributed by atoms with Gasteiger partial charge in [0.25, 0.3) is 5.91 Å². The van der Waals surface area contributed by atoms with Crippen molar-refractivity contribution in [2.75, 3.05) is 6.54 Å². The highest BCUT2D eigenvalue weighted by molar-refractivity contribution is 7.15. The Bertz CT molecular complexity index is 1110. The molecule has 3 aromatic heterocycles. The van der Waals surface area contributed by atoms with Gasteiger partial charge in [0.2, 0.25) is 0 Å². The quantitative estimate of drug-likeness (QED) is 0.573. The van der Waals surface area contributed by atoms with Gasteiger partial charge >= 0.3 is 0 Å². The lowest BCUT2D eigenvalue weighted by Crippen LogP contribution is -2.28. The van der Waals surface area contributed by atoms with Gasteiger partial charge in [-0.05, 0) is 47.4 Å². The van der Waals surface area contributed by atoms with Crippen molar-refractivity contribution in [3.05, 3.63) is 52.9 Å². The van der Waals surface area contributed by atoms with E-state index in [1.807, 2.05) is 30.6 Å². The molecule has 0 fully saturated rings. The summed E-state index contributed by atoms with van der Waals surface area (Å²) in [5.74, 6) is -0.0654. The molecule has 0 atom stereocenters. The first-order valence-corrected chi connectivity index (χ1v) is 9.69. The first-order valence-electron chi connectivity index (χ1n) is 8.87. The molecule has 3 heterocycles. The number of thiophene rings is 1. The maximum Gasteiger partial charge on any atom is 0.254 e. The van der Waals surface area contributed by atoms with Gasteiger partial charge in [-0.2, -0.15) is 4.68 Å². The van der Waals surface area contributed by atoms with E-state index in [1.165, 1.54) is 11.2 Å². The predicted molar refractivity (Wildman–Crippen MR) is 101 cm³/mol. The van der Waals surface area contributed by atoms with Crippen LogP contribution < -0.4 is 5.32 Å². The maximum absolute atomic E-state index is 13.0. The molecule has 0 radical (unpaired) electrons. The lowest BCUT2D eigenvalue weighted by Gasteiger charge is -2.09. The number of amides is 1. The second kappa shape index (κ2) is 6.58. The maximum atomic E-state index is 13.0. The molecule has 1 aliphatic carbocycles. The van der Waals surface area contributed by atoms with Gasteiger partial charge in [-0.1, -0.05) is 12.1 Å². The van der Waals surface area contributed by atoms with Gasteiger partial charge in [-0.3, -0.25) is 4.79 Å².